The minimum atomic E-state index is -0.148. The molecule has 0 spiro atoms. The largest absolute Gasteiger partial charge is 0.474 e. The second kappa shape index (κ2) is 8.21. The predicted octanol–water partition coefficient (Wildman–Crippen LogP) is 2.19. The molecule has 0 bridgehead atoms. The molecule has 2 rings (SSSR count). The highest BCUT2D eigenvalue weighted by molar-refractivity contribution is 8.03. The summed E-state index contributed by atoms with van der Waals surface area (Å²) in [6.07, 6.45) is -0.148. The first-order chi connectivity index (χ1) is 10.6. The molecule has 0 aromatic rings. The molecule has 0 aromatic heterocycles. The summed E-state index contributed by atoms with van der Waals surface area (Å²) >= 11 is 7.30. The molecule has 0 N–H and O–H groups in total. The molecule has 2 fully saturated rings. The summed E-state index contributed by atoms with van der Waals surface area (Å²) < 4.78 is 15.7. The minimum Gasteiger partial charge on any atom is -0.474 e. The van der Waals surface area contributed by atoms with Crippen molar-refractivity contribution in [2.24, 2.45) is 10.9 Å². The lowest BCUT2D eigenvalue weighted by atomic mass is 10.1. The van der Waals surface area contributed by atoms with Crippen molar-refractivity contribution in [3.63, 3.8) is 0 Å². The highest BCUT2D eigenvalue weighted by Gasteiger charge is 2.25. The number of nitriles is 2. The third-order valence-electron chi connectivity index (χ3n) is 2.93. The van der Waals surface area contributed by atoms with Gasteiger partial charge in [0.2, 0.25) is 5.76 Å². The summed E-state index contributed by atoms with van der Waals surface area (Å²) in [7, 11) is 0. The van der Waals surface area contributed by atoms with E-state index in [1.807, 2.05) is 12.1 Å². The van der Waals surface area contributed by atoms with Gasteiger partial charge in [-0.1, -0.05) is 18.2 Å². The maximum Gasteiger partial charge on any atom is 0.230 e. The Balaban J connectivity index is 2.15. The number of allylic oxidation sites excluding steroid dienone is 2. The van der Waals surface area contributed by atoms with Crippen LogP contribution in [0, 0.1) is 28.6 Å². The van der Waals surface area contributed by atoms with Crippen LogP contribution in [0.2, 0.25) is 0 Å². The van der Waals surface area contributed by atoms with Crippen LogP contribution in [0.15, 0.2) is 27.9 Å². The van der Waals surface area contributed by atoms with E-state index < -0.39 is 0 Å². The number of aliphatic imine (C=N–C) groups is 1. The van der Waals surface area contributed by atoms with Gasteiger partial charge in [-0.05, 0) is 0 Å². The van der Waals surface area contributed by atoms with Crippen molar-refractivity contribution in [2.75, 3.05) is 32.2 Å². The molecule has 2 aliphatic heterocycles. The lowest BCUT2D eigenvalue weighted by Crippen LogP contribution is -2.35. The monoisotopic (exact) mass is 339 g/mol. The van der Waals surface area contributed by atoms with E-state index >= 15 is 0 Å². The summed E-state index contributed by atoms with van der Waals surface area (Å²) in [5, 5.41) is 18.4. The van der Waals surface area contributed by atoms with Crippen molar-refractivity contribution >= 4 is 28.5 Å². The van der Waals surface area contributed by atoms with Gasteiger partial charge in [-0.25, -0.2) is 4.99 Å². The SMILES string of the molecule is C=C(C#N)/C(Cl)=N\C(SCC1COC1)=C(C#N)OC1COC1. The number of thioether (sulfide) groups is 1. The van der Waals surface area contributed by atoms with Crippen molar-refractivity contribution in [2.45, 2.75) is 6.10 Å². The van der Waals surface area contributed by atoms with E-state index in [0.29, 0.717) is 37.4 Å². The number of nitrogens with zero attached hydrogens (tertiary/aromatic N) is 3. The Hall–Kier alpha value is -1.51. The summed E-state index contributed by atoms with van der Waals surface area (Å²) in [5.74, 6) is 1.24. The van der Waals surface area contributed by atoms with Crippen LogP contribution in [0.5, 0.6) is 0 Å². The molecule has 6 nitrogen and oxygen atoms in total. The van der Waals surface area contributed by atoms with E-state index in [-0.39, 0.29) is 22.6 Å². The highest BCUT2D eigenvalue weighted by Crippen LogP contribution is 2.29. The maximum absolute atomic E-state index is 9.30. The standard InChI is InChI=1S/C14H14ClN3O3S/c1-9(2-16)13(15)18-14(22-8-10-4-19-5-10)12(3-17)21-11-6-20-7-11/h10-11H,1,4-8H2/b14-12?,18-13+. The number of ether oxygens (including phenoxy) is 3. The first-order valence-corrected chi connectivity index (χ1v) is 7.93. The van der Waals surface area contributed by atoms with E-state index in [4.69, 9.17) is 31.1 Å². The van der Waals surface area contributed by atoms with Crippen molar-refractivity contribution in [1.82, 2.24) is 0 Å². The van der Waals surface area contributed by atoms with Crippen LogP contribution in [0.25, 0.3) is 0 Å². The molecular weight excluding hydrogens is 326 g/mol. The van der Waals surface area contributed by atoms with Crippen LogP contribution < -0.4 is 0 Å². The zero-order valence-corrected chi connectivity index (χ0v) is 13.3. The van der Waals surface area contributed by atoms with Gasteiger partial charge in [0.15, 0.2) is 5.03 Å². The first-order valence-electron chi connectivity index (χ1n) is 6.57. The average Bonchev–Trinajstić information content (AvgIpc) is 2.42. The van der Waals surface area contributed by atoms with Crippen LogP contribution in [0.3, 0.4) is 0 Å². The van der Waals surface area contributed by atoms with Gasteiger partial charge >= 0.3 is 0 Å². The van der Waals surface area contributed by atoms with Crippen molar-refractivity contribution < 1.29 is 14.2 Å². The van der Waals surface area contributed by atoms with Gasteiger partial charge in [0, 0.05) is 11.7 Å². The van der Waals surface area contributed by atoms with Crippen molar-refractivity contribution in [1.29, 1.82) is 10.5 Å². The Kier molecular flexibility index (Phi) is 6.29. The number of hydrogen-bond donors (Lipinski definition) is 0. The minimum absolute atomic E-state index is 0.0380. The second-order valence-corrected chi connectivity index (χ2v) is 6.10. The third kappa shape index (κ3) is 4.49. The summed E-state index contributed by atoms with van der Waals surface area (Å²) in [6.45, 7) is 5.79. The van der Waals surface area contributed by atoms with Crippen LogP contribution in [0.1, 0.15) is 0 Å². The second-order valence-electron chi connectivity index (χ2n) is 4.73. The van der Waals surface area contributed by atoms with Crippen molar-refractivity contribution in [3.05, 3.63) is 22.9 Å². The Morgan fingerprint density at radius 2 is 1.95 bits per heavy atom. The summed E-state index contributed by atoms with van der Waals surface area (Å²) in [4.78, 5) is 4.13. The van der Waals surface area contributed by atoms with Crippen molar-refractivity contribution in [3.8, 4) is 12.1 Å². The quantitative estimate of drug-likeness (QED) is 0.401. The number of hydrogen-bond acceptors (Lipinski definition) is 7. The molecule has 2 aliphatic rings. The van der Waals surface area contributed by atoms with Crippen LogP contribution in [0.4, 0.5) is 0 Å². The molecule has 0 aliphatic carbocycles. The van der Waals surface area contributed by atoms with Gasteiger partial charge in [0.05, 0.1) is 32.0 Å². The highest BCUT2D eigenvalue weighted by atomic mass is 35.5. The summed E-state index contributed by atoms with van der Waals surface area (Å²) in [6, 6.07) is 3.82. The molecule has 0 radical (unpaired) electrons. The normalized spacial score (nSPS) is 20.0. The smallest absolute Gasteiger partial charge is 0.230 e. The Morgan fingerprint density at radius 1 is 1.27 bits per heavy atom. The van der Waals surface area contributed by atoms with E-state index in [9.17, 15) is 5.26 Å². The molecule has 2 heterocycles. The van der Waals surface area contributed by atoms with Gasteiger partial charge in [-0.15, -0.1) is 11.8 Å². The molecule has 0 amide bonds. The molecule has 2 saturated heterocycles. The zero-order valence-electron chi connectivity index (χ0n) is 11.7. The molecule has 0 atom stereocenters. The molecule has 116 valence electrons. The van der Waals surface area contributed by atoms with Crippen LogP contribution >= 0.6 is 23.4 Å². The fourth-order valence-corrected chi connectivity index (χ4v) is 2.65. The van der Waals surface area contributed by atoms with Gasteiger partial charge in [0.1, 0.15) is 23.4 Å². The molecular formula is C14H14ClN3O3S. The molecule has 22 heavy (non-hydrogen) atoms. The fourth-order valence-electron chi connectivity index (χ4n) is 1.50. The predicted molar refractivity (Wildman–Crippen MR) is 83.1 cm³/mol. The Morgan fingerprint density at radius 3 is 2.41 bits per heavy atom. The van der Waals surface area contributed by atoms with Gasteiger partial charge in [0.25, 0.3) is 0 Å². The maximum atomic E-state index is 9.30. The van der Waals surface area contributed by atoms with E-state index in [2.05, 4.69) is 11.6 Å². The fraction of sp³-hybridized carbons (Fsp3) is 0.500. The van der Waals surface area contributed by atoms with E-state index in [1.165, 1.54) is 11.8 Å². The Bertz CT molecular complexity index is 583. The van der Waals surface area contributed by atoms with Crippen LogP contribution in [-0.2, 0) is 14.2 Å². The van der Waals surface area contributed by atoms with E-state index in [0.717, 1.165) is 5.75 Å². The van der Waals surface area contributed by atoms with Gasteiger partial charge in [-0.3, -0.25) is 0 Å². The van der Waals surface area contributed by atoms with Gasteiger partial charge < -0.3 is 14.2 Å². The lowest BCUT2D eigenvalue weighted by molar-refractivity contribution is -0.105. The van der Waals surface area contributed by atoms with Gasteiger partial charge in [-0.2, -0.15) is 10.5 Å². The molecule has 0 unspecified atom stereocenters. The molecule has 0 saturated carbocycles. The average molecular weight is 340 g/mol. The Labute approximate surface area is 138 Å². The molecule has 0 aromatic carbocycles. The number of rotatable bonds is 7. The topological polar surface area (TPSA) is 87.6 Å². The number of halogens is 1. The van der Waals surface area contributed by atoms with Crippen LogP contribution in [-0.4, -0.2) is 43.5 Å². The third-order valence-corrected chi connectivity index (χ3v) is 4.44. The zero-order chi connectivity index (χ0) is 15.9. The summed E-state index contributed by atoms with van der Waals surface area (Å²) in [5.41, 5.74) is 0.0380. The van der Waals surface area contributed by atoms with E-state index in [1.54, 1.807) is 0 Å². The molecule has 8 heteroatoms. The first kappa shape index (κ1) is 16.9. The lowest BCUT2D eigenvalue weighted by Gasteiger charge is -2.27.